The molecule has 26 heavy (non-hydrogen) atoms. The highest BCUT2D eigenvalue weighted by Crippen LogP contribution is 2.29. The van der Waals surface area contributed by atoms with Crippen molar-refractivity contribution >= 4 is 28.4 Å². The van der Waals surface area contributed by atoms with Crippen molar-refractivity contribution in [3.63, 3.8) is 0 Å². The summed E-state index contributed by atoms with van der Waals surface area (Å²) in [5.74, 6) is -2.53. The molecule has 0 aliphatic heterocycles. The van der Waals surface area contributed by atoms with Gasteiger partial charge in [-0.1, -0.05) is 12.1 Å². The molecular weight excluding hydrogens is 332 g/mol. The highest BCUT2D eigenvalue weighted by atomic mass is 16.4. The van der Waals surface area contributed by atoms with Crippen molar-refractivity contribution in [1.82, 2.24) is 9.88 Å². The Labute approximate surface area is 153 Å². The quantitative estimate of drug-likeness (QED) is 0.629. The Morgan fingerprint density at radius 1 is 1.15 bits per heavy atom. The molecule has 6 nitrogen and oxygen atoms in total. The number of rotatable bonds is 8. The number of aliphatic carboxylic acids is 2. The molecule has 0 spiro atoms. The Hall–Kier alpha value is -2.60. The number of nitrogens with zero attached hydrogens (tertiary/aromatic N) is 1. The molecule has 1 aromatic carbocycles. The first-order valence-corrected chi connectivity index (χ1v) is 8.75. The highest BCUT2D eigenvalue weighted by molar-refractivity contribution is 6.22. The van der Waals surface area contributed by atoms with Crippen LogP contribution in [0.2, 0.25) is 0 Å². The van der Waals surface area contributed by atoms with E-state index in [0.717, 1.165) is 35.5 Å². The molecule has 0 amide bonds. The number of fused-ring (bicyclic) bond motifs is 1. The summed E-state index contributed by atoms with van der Waals surface area (Å²) in [5, 5.41) is 19.3. The number of carbonyl (C=O) groups is 2. The number of H-pyrrole nitrogens is 1. The van der Waals surface area contributed by atoms with Crippen LogP contribution in [-0.4, -0.2) is 50.7 Å². The first kappa shape index (κ1) is 19.7. The first-order valence-electron chi connectivity index (χ1n) is 8.75. The van der Waals surface area contributed by atoms with Gasteiger partial charge in [0.15, 0.2) is 0 Å². The molecule has 0 aliphatic carbocycles. The van der Waals surface area contributed by atoms with Gasteiger partial charge in [0.25, 0.3) is 0 Å². The van der Waals surface area contributed by atoms with E-state index in [9.17, 15) is 14.7 Å². The Balaban J connectivity index is 2.47. The topological polar surface area (TPSA) is 93.6 Å². The van der Waals surface area contributed by atoms with Gasteiger partial charge in [-0.3, -0.25) is 4.90 Å². The number of hydrogen-bond acceptors (Lipinski definition) is 3. The average molecular weight is 358 g/mol. The van der Waals surface area contributed by atoms with Crippen LogP contribution in [0.1, 0.15) is 38.8 Å². The van der Waals surface area contributed by atoms with Crippen LogP contribution in [0.4, 0.5) is 0 Å². The largest absolute Gasteiger partial charge is 0.478 e. The second-order valence-corrected chi connectivity index (χ2v) is 6.92. The van der Waals surface area contributed by atoms with E-state index in [0.29, 0.717) is 17.6 Å². The van der Waals surface area contributed by atoms with Crippen LogP contribution in [0.15, 0.2) is 30.5 Å². The smallest absolute Gasteiger partial charge is 0.336 e. The van der Waals surface area contributed by atoms with Gasteiger partial charge in [0.05, 0.1) is 5.57 Å². The Morgan fingerprint density at radius 3 is 2.35 bits per heavy atom. The van der Waals surface area contributed by atoms with E-state index in [1.807, 2.05) is 12.3 Å². The standard InChI is InChI=1S/C20H26N2O4/c1-12(2)22(13(3)4)9-8-14-11-21-17-7-5-6-15(19(14)17)16(20(25)26)10-18(23)24/h5-7,10-13,21H,8-9H2,1-4H3,(H,23,24)(H,25,26)/b16-10+. The minimum Gasteiger partial charge on any atom is -0.478 e. The highest BCUT2D eigenvalue weighted by Gasteiger charge is 2.19. The van der Waals surface area contributed by atoms with Crippen LogP contribution in [0.3, 0.4) is 0 Å². The van der Waals surface area contributed by atoms with E-state index >= 15 is 0 Å². The molecule has 6 heteroatoms. The second-order valence-electron chi connectivity index (χ2n) is 6.92. The first-order chi connectivity index (χ1) is 12.2. The predicted octanol–water partition coefficient (Wildman–Crippen LogP) is 3.38. The fourth-order valence-electron chi connectivity index (χ4n) is 3.42. The summed E-state index contributed by atoms with van der Waals surface area (Å²) in [6.07, 6.45) is 3.38. The SMILES string of the molecule is CC(C)N(CCc1c[nH]c2cccc(/C(=C\C(=O)O)C(=O)O)c12)C(C)C. The third-order valence-corrected chi connectivity index (χ3v) is 4.54. The van der Waals surface area contributed by atoms with Crippen molar-refractivity contribution in [1.29, 1.82) is 0 Å². The molecule has 1 aromatic heterocycles. The minimum absolute atomic E-state index is 0.214. The summed E-state index contributed by atoms with van der Waals surface area (Å²) in [6.45, 7) is 9.44. The lowest BCUT2D eigenvalue weighted by Crippen LogP contribution is -2.38. The zero-order valence-electron chi connectivity index (χ0n) is 15.6. The molecule has 140 valence electrons. The normalized spacial score (nSPS) is 12.5. The fraction of sp³-hybridized carbons (Fsp3) is 0.400. The number of carboxylic acid groups (broad SMARTS) is 2. The van der Waals surface area contributed by atoms with Crippen LogP contribution >= 0.6 is 0 Å². The Kier molecular flexibility index (Phi) is 6.21. The maximum Gasteiger partial charge on any atom is 0.336 e. The van der Waals surface area contributed by atoms with E-state index in [4.69, 9.17) is 5.11 Å². The van der Waals surface area contributed by atoms with Gasteiger partial charge < -0.3 is 15.2 Å². The summed E-state index contributed by atoms with van der Waals surface area (Å²) in [4.78, 5) is 28.2. The monoisotopic (exact) mass is 358 g/mol. The van der Waals surface area contributed by atoms with Crippen LogP contribution in [-0.2, 0) is 16.0 Å². The van der Waals surface area contributed by atoms with Crippen molar-refractivity contribution in [2.75, 3.05) is 6.54 Å². The number of aromatic amines is 1. The number of hydrogen-bond donors (Lipinski definition) is 3. The molecule has 2 aromatic rings. The third-order valence-electron chi connectivity index (χ3n) is 4.54. The maximum atomic E-state index is 11.6. The van der Waals surface area contributed by atoms with Crippen molar-refractivity contribution in [2.24, 2.45) is 0 Å². The van der Waals surface area contributed by atoms with E-state index in [1.165, 1.54) is 0 Å². The van der Waals surface area contributed by atoms with Gasteiger partial charge in [-0.05, 0) is 51.3 Å². The molecule has 0 saturated carbocycles. The minimum atomic E-state index is -1.28. The van der Waals surface area contributed by atoms with Crippen molar-refractivity contribution in [3.05, 3.63) is 41.6 Å². The summed E-state index contributed by atoms with van der Waals surface area (Å²) < 4.78 is 0. The van der Waals surface area contributed by atoms with Crippen molar-refractivity contribution in [2.45, 2.75) is 46.2 Å². The molecule has 0 unspecified atom stereocenters. The molecule has 0 radical (unpaired) electrons. The lowest BCUT2D eigenvalue weighted by atomic mass is 9.97. The van der Waals surface area contributed by atoms with E-state index in [1.54, 1.807) is 12.1 Å². The fourth-order valence-corrected chi connectivity index (χ4v) is 3.42. The van der Waals surface area contributed by atoms with Gasteiger partial charge in [-0.25, -0.2) is 9.59 Å². The van der Waals surface area contributed by atoms with Crippen LogP contribution in [0, 0.1) is 0 Å². The number of benzene rings is 1. The summed E-state index contributed by atoms with van der Waals surface area (Å²) in [7, 11) is 0. The average Bonchev–Trinajstić information content (AvgIpc) is 2.95. The van der Waals surface area contributed by atoms with Gasteiger partial charge >= 0.3 is 11.9 Å². The summed E-state index contributed by atoms with van der Waals surface area (Å²) in [5.41, 5.74) is 2.00. The number of nitrogens with one attached hydrogen (secondary N) is 1. The van der Waals surface area contributed by atoms with Crippen LogP contribution in [0.5, 0.6) is 0 Å². The molecule has 0 saturated heterocycles. The summed E-state index contributed by atoms with van der Waals surface area (Å²) >= 11 is 0. The molecule has 2 rings (SSSR count). The molecule has 0 bridgehead atoms. The molecule has 3 N–H and O–H groups in total. The van der Waals surface area contributed by atoms with E-state index in [-0.39, 0.29) is 5.57 Å². The van der Waals surface area contributed by atoms with Gasteiger partial charge in [0.2, 0.25) is 0 Å². The second kappa shape index (κ2) is 8.19. The maximum absolute atomic E-state index is 11.6. The molecule has 0 aliphatic rings. The van der Waals surface area contributed by atoms with E-state index in [2.05, 4.69) is 37.6 Å². The van der Waals surface area contributed by atoms with Crippen molar-refractivity contribution < 1.29 is 19.8 Å². The van der Waals surface area contributed by atoms with Gasteiger partial charge in [-0.15, -0.1) is 0 Å². The third kappa shape index (κ3) is 4.32. The van der Waals surface area contributed by atoms with E-state index < -0.39 is 11.9 Å². The zero-order chi connectivity index (χ0) is 19.4. The molecular formula is C20H26N2O4. The molecule has 0 fully saturated rings. The summed E-state index contributed by atoms with van der Waals surface area (Å²) in [6, 6.07) is 6.06. The van der Waals surface area contributed by atoms with Crippen molar-refractivity contribution in [3.8, 4) is 0 Å². The zero-order valence-corrected chi connectivity index (χ0v) is 15.6. The number of carboxylic acids is 2. The Morgan fingerprint density at radius 2 is 1.81 bits per heavy atom. The van der Waals surface area contributed by atoms with Crippen LogP contribution in [0.25, 0.3) is 16.5 Å². The molecule has 0 atom stereocenters. The Bertz CT molecular complexity index is 825. The molecule has 1 heterocycles. The number of aromatic nitrogens is 1. The van der Waals surface area contributed by atoms with Gasteiger partial charge in [-0.2, -0.15) is 0 Å². The van der Waals surface area contributed by atoms with Gasteiger partial charge in [0, 0.05) is 41.8 Å². The van der Waals surface area contributed by atoms with Gasteiger partial charge in [0.1, 0.15) is 0 Å². The van der Waals surface area contributed by atoms with Crippen LogP contribution < -0.4 is 0 Å². The predicted molar refractivity (Wildman–Crippen MR) is 102 cm³/mol. The lowest BCUT2D eigenvalue weighted by Gasteiger charge is -2.30. The lowest BCUT2D eigenvalue weighted by molar-refractivity contribution is -0.133.